The molecule has 0 unspecified atom stereocenters. The summed E-state index contributed by atoms with van der Waals surface area (Å²) in [5.41, 5.74) is 3.81. The monoisotopic (exact) mass is 515 g/mol. The number of aromatic nitrogens is 2. The number of ether oxygens (including phenoxy) is 2. The molecule has 2 aromatic heterocycles. The van der Waals surface area contributed by atoms with E-state index in [0.29, 0.717) is 50.7 Å². The maximum Gasteiger partial charge on any atom is 0.416 e. The number of carbonyl (C=O) groups is 2. The van der Waals surface area contributed by atoms with Gasteiger partial charge in [-0.15, -0.1) is 0 Å². The lowest BCUT2D eigenvalue weighted by Gasteiger charge is -2.36. The molecule has 1 aromatic carbocycles. The van der Waals surface area contributed by atoms with Gasteiger partial charge in [0.25, 0.3) is 0 Å². The van der Waals surface area contributed by atoms with E-state index in [2.05, 4.69) is 9.88 Å². The van der Waals surface area contributed by atoms with Crippen molar-refractivity contribution < 1.29 is 19.1 Å². The third-order valence-corrected chi connectivity index (χ3v) is 6.54. The summed E-state index contributed by atoms with van der Waals surface area (Å²) >= 11 is 0. The van der Waals surface area contributed by atoms with Gasteiger partial charge in [-0.1, -0.05) is 36.4 Å². The van der Waals surface area contributed by atoms with Crippen LogP contribution in [-0.4, -0.2) is 65.4 Å². The fourth-order valence-corrected chi connectivity index (χ4v) is 4.70. The molecule has 1 saturated heterocycles. The van der Waals surface area contributed by atoms with Gasteiger partial charge in [0.2, 0.25) is 0 Å². The van der Waals surface area contributed by atoms with Crippen LogP contribution in [0.25, 0.3) is 11.4 Å². The Morgan fingerprint density at radius 3 is 2.32 bits per heavy atom. The number of hydrogen-bond donors (Lipinski definition) is 0. The topological polar surface area (TPSA) is 88.1 Å². The predicted octanol–water partition coefficient (Wildman–Crippen LogP) is 4.90. The van der Waals surface area contributed by atoms with Crippen LogP contribution in [0.1, 0.15) is 31.9 Å². The Labute approximate surface area is 223 Å². The van der Waals surface area contributed by atoms with E-state index in [1.807, 2.05) is 75.4 Å². The van der Waals surface area contributed by atoms with E-state index in [9.17, 15) is 9.59 Å². The van der Waals surface area contributed by atoms with Crippen LogP contribution in [0.3, 0.4) is 0 Å². The van der Waals surface area contributed by atoms with Crippen molar-refractivity contribution >= 4 is 23.7 Å². The standard InChI is InChI=1S/C29H33N5O4/c1-29(2,3)38-28(36)34-14-12-22-25(19-24(31-26(22)34)23-11-7-8-13-30-23)32-15-17-33(18-16-32)27(35)37-20-21-9-5-4-6-10-21/h4-11,13,19H,12,14-18,20H2,1-3H3. The summed E-state index contributed by atoms with van der Waals surface area (Å²) in [6.07, 6.45) is 1.70. The van der Waals surface area contributed by atoms with Gasteiger partial charge in [-0.25, -0.2) is 14.6 Å². The summed E-state index contributed by atoms with van der Waals surface area (Å²) in [4.78, 5) is 40.7. The zero-order valence-electron chi connectivity index (χ0n) is 22.1. The number of hydrogen-bond acceptors (Lipinski definition) is 7. The van der Waals surface area contributed by atoms with Crippen molar-refractivity contribution in [1.29, 1.82) is 0 Å². The number of rotatable bonds is 4. The first-order chi connectivity index (χ1) is 18.3. The maximum atomic E-state index is 13.0. The Morgan fingerprint density at radius 1 is 0.895 bits per heavy atom. The van der Waals surface area contributed by atoms with E-state index in [-0.39, 0.29) is 12.7 Å². The Hall–Kier alpha value is -4.14. The van der Waals surface area contributed by atoms with Crippen molar-refractivity contribution in [2.45, 2.75) is 39.4 Å². The summed E-state index contributed by atoms with van der Waals surface area (Å²) in [6, 6.07) is 17.4. The zero-order valence-corrected chi connectivity index (χ0v) is 22.1. The molecule has 5 rings (SSSR count). The van der Waals surface area contributed by atoms with Crippen molar-refractivity contribution in [1.82, 2.24) is 14.9 Å². The normalized spacial score (nSPS) is 15.3. The van der Waals surface area contributed by atoms with Crippen LogP contribution in [0.5, 0.6) is 0 Å². The second kappa shape index (κ2) is 10.7. The summed E-state index contributed by atoms with van der Waals surface area (Å²) in [5.74, 6) is 0.613. The third-order valence-electron chi connectivity index (χ3n) is 6.54. The first-order valence-electron chi connectivity index (χ1n) is 12.9. The average molecular weight is 516 g/mol. The van der Waals surface area contributed by atoms with Crippen molar-refractivity contribution in [2.24, 2.45) is 0 Å². The minimum Gasteiger partial charge on any atom is -0.445 e. The fourth-order valence-electron chi connectivity index (χ4n) is 4.70. The molecule has 0 atom stereocenters. The van der Waals surface area contributed by atoms with Gasteiger partial charge in [-0.3, -0.25) is 9.88 Å². The summed E-state index contributed by atoms with van der Waals surface area (Å²) in [6.45, 7) is 8.70. The molecular formula is C29H33N5O4. The van der Waals surface area contributed by atoms with Crippen molar-refractivity contribution in [3.63, 3.8) is 0 Å². The molecule has 0 bridgehead atoms. The molecule has 1 fully saturated rings. The van der Waals surface area contributed by atoms with Gasteiger partial charge >= 0.3 is 12.2 Å². The zero-order chi connectivity index (χ0) is 26.7. The highest BCUT2D eigenvalue weighted by Crippen LogP contribution is 2.38. The van der Waals surface area contributed by atoms with E-state index < -0.39 is 11.7 Å². The van der Waals surface area contributed by atoms with Gasteiger partial charge in [0.05, 0.1) is 11.4 Å². The number of fused-ring (bicyclic) bond motifs is 1. The molecule has 2 amide bonds. The third kappa shape index (κ3) is 5.72. The summed E-state index contributed by atoms with van der Waals surface area (Å²) in [5, 5.41) is 0. The quantitative estimate of drug-likeness (QED) is 0.488. The highest BCUT2D eigenvalue weighted by atomic mass is 16.6. The SMILES string of the molecule is CC(C)(C)OC(=O)N1CCc2c(N3CCN(C(=O)OCc4ccccc4)CC3)cc(-c3ccccn3)nc21. The van der Waals surface area contributed by atoms with E-state index >= 15 is 0 Å². The van der Waals surface area contributed by atoms with Gasteiger partial charge in [0, 0.05) is 50.2 Å². The van der Waals surface area contributed by atoms with Gasteiger partial charge in [-0.2, -0.15) is 0 Å². The first-order valence-corrected chi connectivity index (χ1v) is 12.9. The molecule has 2 aliphatic heterocycles. The summed E-state index contributed by atoms with van der Waals surface area (Å²) < 4.78 is 11.2. The van der Waals surface area contributed by atoms with Crippen LogP contribution in [0.4, 0.5) is 21.1 Å². The number of pyridine rings is 2. The van der Waals surface area contributed by atoms with Gasteiger partial charge in [-0.05, 0) is 51.0 Å². The smallest absolute Gasteiger partial charge is 0.416 e. The Bertz CT molecular complexity index is 1290. The van der Waals surface area contributed by atoms with Crippen LogP contribution < -0.4 is 9.80 Å². The lowest BCUT2D eigenvalue weighted by molar-refractivity contribution is 0.0583. The molecule has 9 nitrogen and oxygen atoms in total. The van der Waals surface area contributed by atoms with Gasteiger partial charge < -0.3 is 19.3 Å². The van der Waals surface area contributed by atoms with Crippen LogP contribution in [0.2, 0.25) is 0 Å². The number of amides is 2. The second-order valence-electron chi connectivity index (χ2n) is 10.4. The molecule has 4 heterocycles. The van der Waals surface area contributed by atoms with E-state index in [0.717, 1.165) is 22.5 Å². The maximum absolute atomic E-state index is 13.0. The average Bonchev–Trinajstić information content (AvgIpc) is 3.36. The highest BCUT2D eigenvalue weighted by molar-refractivity contribution is 5.91. The molecule has 0 radical (unpaired) electrons. The lowest BCUT2D eigenvalue weighted by Crippen LogP contribution is -2.49. The van der Waals surface area contributed by atoms with Crippen LogP contribution >= 0.6 is 0 Å². The summed E-state index contributed by atoms with van der Waals surface area (Å²) in [7, 11) is 0. The number of nitrogens with zero attached hydrogens (tertiary/aromatic N) is 5. The van der Waals surface area contributed by atoms with Crippen molar-refractivity contribution in [2.75, 3.05) is 42.5 Å². The van der Waals surface area contributed by atoms with Crippen LogP contribution in [-0.2, 0) is 22.5 Å². The second-order valence-corrected chi connectivity index (χ2v) is 10.4. The van der Waals surface area contributed by atoms with Crippen molar-refractivity contribution in [3.05, 3.63) is 71.9 Å². The molecule has 0 spiro atoms. The molecule has 2 aliphatic rings. The molecular weight excluding hydrogens is 482 g/mol. The highest BCUT2D eigenvalue weighted by Gasteiger charge is 2.34. The van der Waals surface area contributed by atoms with Crippen LogP contribution in [0, 0.1) is 0 Å². The largest absolute Gasteiger partial charge is 0.445 e. The molecule has 9 heteroatoms. The van der Waals surface area contributed by atoms with Crippen molar-refractivity contribution in [3.8, 4) is 11.4 Å². The Kier molecular flexibility index (Phi) is 7.18. The number of anilines is 2. The molecule has 38 heavy (non-hydrogen) atoms. The molecule has 3 aromatic rings. The van der Waals surface area contributed by atoms with Crippen LogP contribution in [0.15, 0.2) is 60.8 Å². The van der Waals surface area contributed by atoms with E-state index in [1.54, 1.807) is 16.0 Å². The Morgan fingerprint density at radius 2 is 1.63 bits per heavy atom. The number of benzene rings is 1. The molecule has 0 N–H and O–H groups in total. The predicted molar refractivity (Wildman–Crippen MR) is 145 cm³/mol. The van der Waals surface area contributed by atoms with E-state index in [4.69, 9.17) is 14.5 Å². The van der Waals surface area contributed by atoms with Gasteiger partial charge in [0.15, 0.2) is 0 Å². The first kappa shape index (κ1) is 25.5. The lowest BCUT2D eigenvalue weighted by atomic mass is 10.1. The van der Waals surface area contributed by atoms with Gasteiger partial charge in [0.1, 0.15) is 18.0 Å². The Balaban J connectivity index is 1.35. The fraction of sp³-hybridized carbons (Fsp3) is 0.379. The molecule has 0 aliphatic carbocycles. The number of piperazine rings is 1. The molecule has 198 valence electrons. The molecule has 0 saturated carbocycles. The minimum absolute atomic E-state index is 0.256. The minimum atomic E-state index is -0.604. The number of carbonyl (C=O) groups excluding carboxylic acids is 2. The van der Waals surface area contributed by atoms with E-state index in [1.165, 1.54) is 0 Å².